The molecule has 108 valence electrons. The first-order chi connectivity index (χ1) is 8.88. The van der Waals surface area contributed by atoms with Crippen LogP contribution >= 0.6 is 0 Å². The molecule has 0 bridgehead atoms. The topological polar surface area (TPSA) is 15.3 Å². The molecule has 0 amide bonds. The molecule has 1 aromatic rings. The number of nitrogens with zero attached hydrogens (tertiary/aromatic N) is 1. The Morgan fingerprint density at radius 1 is 1.16 bits per heavy atom. The van der Waals surface area contributed by atoms with Crippen molar-refractivity contribution in [3.05, 3.63) is 35.9 Å². The maximum atomic E-state index is 3.58. The molecular formula is C17H30N2. The predicted molar refractivity (Wildman–Crippen MR) is 84.5 cm³/mol. The van der Waals surface area contributed by atoms with Crippen molar-refractivity contribution in [2.24, 2.45) is 0 Å². The van der Waals surface area contributed by atoms with Crippen LogP contribution in [0.1, 0.15) is 52.6 Å². The standard InChI is InChI=1S/C17H30N2/c1-7-17(4,5)19(6)16(13-18-14(2)3)15-11-9-8-10-12-15/h8-12,14,16,18H,7,13H2,1-6H3. The Bertz CT molecular complexity index is 357. The Balaban J connectivity index is 2.92. The SMILES string of the molecule is CCC(C)(C)N(C)C(CNC(C)C)c1ccccc1. The normalized spacial score (nSPS) is 14.1. The molecule has 0 aliphatic heterocycles. The molecule has 1 rings (SSSR count). The molecule has 0 saturated heterocycles. The predicted octanol–water partition coefficient (Wildman–Crippen LogP) is 3.85. The fourth-order valence-electron chi connectivity index (χ4n) is 2.17. The lowest BCUT2D eigenvalue weighted by Gasteiger charge is -2.41. The summed E-state index contributed by atoms with van der Waals surface area (Å²) < 4.78 is 0. The highest BCUT2D eigenvalue weighted by Crippen LogP contribution is 2.28. The van der Waals surface area contributed by atoms with Gasteiger partial charge in [-0.3, -0.25) is 4.90 Å². The van der Waals surface area contributed by atoms with Crippen molar-refractivity contribution in [1.29, 1.82) is 0 Å². The highest BCUT2D eigenvalue weighted by molar-refractivity contribution is 5.20. The molecule has 19 heavy (non-hydrogen) atoms. The van der Waals surface area contributed by atoms with Gasteiger partial charge in [0.15, 0.2) is 0 Å². The second kappa shape index (κ2) is 7.06. The Labute approximate surface area is 119 Å². The minimum atomic E-state index is 0.208. The van der Waals surface area contributed by atoms with Crippen LogP contribution in [0.5, 0.6) is 0 Å². The van der Waals surface area contributed by atoms with Gasteiger partial charge in [-0.15, -0.1) is 0 Å². The van der Waals surface area contributed by atoms with E-state index in [0.29, 0.717) is 12.1 Å². The molecule has 2 nitrogen and oxygen atoms in total. The van der Waals surface area contributed by atoms with Crippen molar-refractivity contribution in [1.82, 2.24) is 10.2 Å². The van der Waals surface area contributed by atoms with Gasteiger partial charge in [-0.2, -0.15) is 0 Å². The zero-order chi connectivity index (χ0) is 14.5. The van der Waals surface area contributed by atoms with E-state index in [4.69, 9.17) is 0 Å². The van der Waals surface area contributed by atoms with E-state index in [9.17, 15) is 0 Å². The molecule has 0 radical (unpaired) electrons. The summed E-state index contributed by atoms with van der Waals surface area (Å²) >= 11 is 0. The average molecular weight is 262 g/mol. The third-order valence-corrected chi connectivity index (χ3v) is 4.19. The Morgan fingerprint density at radius 3 is 2.21 bits per heavy atom. The number of hydrogen-bond donors (Lipinski definition) is 1. The summed E-state index contributed by atoms with van der Waals surface area (Å²) in [6.07, 6.45) is 1.15. The molecule has 0 aliphatic carbocycles. The highest BCUT2D eigenvalue weighted by atomic mass is 15.2. The lowest BCUT2D eigenvalue weighted by Crippen LogP contribution is -2.46. The maximum absolute atomic E-state index is 3.58. The summed E-state index contributed by atoms with van der Waals surface area (Å²) in [7, 11) is 2.24. The lowest BCUT2D eigenvalue weighted by molar-refractivity contribution is 0.0944. The molecule has 0 fully saturated rings. The van der Waals surface area contributed by atoms with Crippen molar-refractivity contribution in [2.75, 3.05) is 13.6 Å². The molecule has 1 atom stereocenters. The van der Waals surface area contributed by atoms with Gasteiger partial charge in [-0.25, -0.2) is 0 Å². The van der Waals surface area contributed by atoms with E-state index in [-0.39, 0.29) is 5.54 Å². The summed E-state index contributed by atoms with van der Waals surface area (Å²) in [6.45, 7) is 12.3. The van der Waals surface area contributed by atoms with E-state index < -0.39 is 0 Å². The van der Waals surface area contributed by atoms with Crippen molar-refractivity contribution >= 4 is 0 Å². The van der Waals surface area contributed by atoms with Gasteiger partial charge >= 0.3 is 0 Å². The highest BCUT2D eigenvalue weighted by Gasteiger charge is 2.28. The van der Waals surface area contributed by atoms with Crippen LogP contribution in [-0.4, -0.2) is 30.1 Å². The van der Waals surface area contributed by atoms with E-state index in [2.05, 4.69) is 82.2 Å². The van der Waals surface area contributed by atoms with Crippen molar-refractivity contribution < 1.29 is 0 Å². The smallest absolute Gasteiger partial charge is 0.0475 e. The zero-order valence-corrected chi connectivity index (χ0v) is 13.4. The third kappa shape index (κ3) is 4.63. The van der Waals surface area contributed by atoms with Gasteiger partial charge < -0.3 is 5.32 Å². The molecule has 1 aromatic carbocycles. The van der Waals surface area contributed by atoms with Crippen LogP contribution in [-0.2, 0) is 0 Å². The molecule has 0 saturated carbocycles. The summed E-state index contributed by atoms with van der Waals surface area (Å²) in [5.41, 5.74) is 1.60. The number of likely N-dealkylation sites (N-methyl/N-ethyl adjacent to an activating group) is 1. The summed E-state index contributed by atoms with van der Waals surface area (Å²) in [6, 6.07) is 11.7. The number of hydrogen-bond acceptors (Lipinski definition) is 2. The summed E-state index contributed by atoms with van der Waals surface area (Å²) in [4.78, 5) is 2.50. The number of nitrogens with one attached hydrogen (secondary N) is 1. The molecule has 0 aliphatic rings. The van der Waals surface area contributed by atoms with Crippen LogP contribution in [0, 0.1) is 0 Å². The molecule has 1 unspecified atom stereocenters. The van der Waals surface area contributed by atoms with E-state index in [1.165, 1.54) is 5.56 Å². The monoisotopic (exact) mass is 262 g/mol. The minimum absolute atomic E-state index is 0.208. The van der Waals surface area contributed by atoms with Crippen LogP contribution in [0.4, 0.5) is 0 Å². The second-order valence-corrected chi connectivity index (χ2v) is 6.27. The summed E-state index contributed by atoms with van der Waals surface area (Å²) in [5.74, 6) is 0. The van der Waals surface area contributed by atoms with Gasteiger partial charge in [0.2, 0.25) is 0 Å². The fourth-order valence-corrected chi connectivity index (χ4v) is 2.17. The average Bonchev–Trinajstić information content (AvgIpc) is 2.39. The first kappa shape index (κ1) is 16.2. The molecular weight excluding hydrogens is 232 g/mol. The summed E-state index contributed by atoms with van der Waals surface area (Å²) in [5, 5.41) is 3.58. The molecule has 0 aromatic heterocycles. The van der Waals surface area contributed by atoms with Gasteiger partial charge in [-0.1, -0.05) is 51.1 Å². The van der Waals surface area contributed by atoms with Crippen LogP contribution in [0.25, 0.3) is 0 Å². The third-order valence-electron chi connectivity index (χ3n) is 4.19. The van der Waals surface area contributed by atoms with Crippen molar-refractivity contribution in [3.8, 4) is 0 Å². The largest absolute Gasteiger partial charge is 0.313 e. The van der Waals surface area contributed by atoms with Crippen molar-refractivity contribution in [2.45, 2.75) is 58.7 Å². The molecule has 1 N–H and O–H groups in total. The quantitative estimate of drug-likeness (QED) is 0.803. The molecule has 0 spiro atoms. The van der Waals surface area contributed by atoms with Gasteiger partial charge in [0.1, 0.15) is 0 Å². The van der Waals surface area contributed by atoms with Gasteiger partial charge in [0.05, 0.1) is 0 Å². The van der Waals surface area contributed by atoms with E-state index in [1.54, 1.807) is 0 Å². The van der Waals surface area contributed by atoms with Crippen LogP contribution in [0.2, 0.25) is 0 Å². The lowest BCUT2D eigenvalue weighted by atomic mass is 9.94. The molecule has 2 heteroatoms. The van der Waals surface area contributed by atoms with Gasteiger partial charge in [0.25, 0.3) is 0 Å². The first-order valence-electron chi connectivity index (χ1n) is 7.39. The zero-order valence-electron chi connectivity index (χ0n) is 13.4. The first-order valence-corrected chi connectivity index (χ1v) is 7.39. The Kier molecular flexibility index (Phi) is 6.02. The number of rotatable bonds is 7. The van der Waals surface area contributed by atoms with Gasteiger partial charge in [0, 0.05) is 24.2 Å². The number of benzene rings is 1. The maximum Gasteiger partial charge on any atom is 0.0475 e. The Morgan fingerprint density at radius 2 is 1.74 bits per heavy atom. The van der Waals surface area contributed by atoms with Crippen molar-refractivity contribution in [3.63, 3.8) is 0 Å². The van der Waals surface area contributed by atoms with E-state index in [0.717, 1.165) is 13.0 Å². The minimum Gasteiger partial charge on any atom is -0.313 e. The second-order valence-electron chi connectivity index (χ2n) is 6.27. The van der Waals surface area contributed by atoms with E-state index in [1.807, 2.05) is 0 Å². The van der Waals surface area contributed by atoms with Crippen LogP contribution in [0.3, 0.4) is 0 Å². The van der Waals surface area contributed by atoms with E-state index >= 15 is 0 Å². The fraction of sp³-hybridized carbons (Fsp3) is 0.647. The van der Waals surface area contributed by atoms with Crippen LogP contribution in [0.15, 0.2) is 30.3 Å². The molecule has 0 heterocycles. The Hall–Kier alpha value is -0.860. The van der Waals surface area contributed by atoms with Crippen LogP contribution < -0.4 is 5.32 Å². The van der Waals surface area contributed by atoms with Gasteiger partial charge in [-0.05, 0) is 32.9 Å².